The van der Waals surface area contributed by atoms with Crippen LogP contribution >= 0.6 is 0 Å². The SMILES string of the molecule is CCN(C(C)C)[C@@H]1CC[C@H](NC(=O)CNC(=O)c2cccc(C(F)(F)F)c2)[C@@H](C(=O)N2CCCC2)C1. The number of nitrogens with zero attached hydrogens (tertiary/aromatic N) is 2. The first-order valence-corrected chi connectivity index (χ1v) is 12.8. The number of carbonyl (C=O) groups excluding carboxylic acids is 3. The highest BCUT2D eigenvalue weighted by atomic mass is 19.4. The van der Waals surface area contributed by atoms with Gasteiger partial charge < -0.3 is 15.5 Å². The fraction of sp³-hybridized carbons (Fsp3) is 0.654. The Morgan fingerprint density at radius 1 is 1.14 bits per heavy atom. The fourth-order valence-corrected chi connectivity index (χ4v) is 5.47. The Morgan fingerprint density at radius 3 is 2.44 bits per heavy atom. The van der Waals surface area contributed by atoms with Crippen LogP contribution in [0.4, 0.5) is 13.2 Å². The summed E-state index contributed by atoms with van der Waals surface area (Å²) in [4.78, 5) is 42.7. The minimum Gasteiger partial charge on any atom is -0.351 e. The van der Waals surface area contributed by atoms with E-state index in [1.807, 2.05) is 4.90 Å². The van der Waals surface area contributed by atoms with Gasteiger partial charge in [-0.05, 0) is 70.7 Å². The summed E-state index contributed by atoms with van der Waals surface area (Å²) in [5.41, 5.74) is -1.10. The number of hydrogen-bond donors (Lipinski definition) is 2. The molecule has 2 N–H and O–H groups in total. The van der Waals surface area contributed by atoms with Crippen molar-refractivity contribution in [1.82, 2.24) is 20.4 Å². The van der Waals surface area contributed by atoms with Gasteiger partial charge in [0.1, 0.15) is 0 Å². The highest BCUT2D eigenvalue weighted by molar-refractivity contribution is 5.96. The van der Waals surface area contributed by atoms with Crippen LogP contribution in [0.5, 0.6) is 0 Å². The van der Waals surface area contributed by atoms with Crippen molar-refractivity contribution < 1.29 is 27.6 Å². The summed E-state index contributed by atoms with van der Waals surface area (Å²) in [7, 11) is 0. The Labute approximate surface area is 210 Å². The zero-order valence-electron chi connectivity index (χ0n) is 21.2. The normalized spacial score (nSPS) is 22.7. The molecule has 1 aromatic rings. The summed E-state index contributed by atoms with van der Waals surface area (Å²) >= 11 is 0. The molecule has 3 atom stereocenters. The second-order valence-electron chi connectivity index (χ2n) is 9.97. The number of benzene rings is 1. The van der Waals surface area contributed by atoms with Crippen LogP contribution in [0.3, 0.4) is 0 Å². The van der Waals surface area contributed by atoms with E-state index in [1.165, 1.54) is 6.07 Å². The molecule has 0 radical (unpaired) electrons. The van der Waals surface area contributed by atoms with Crippen molar-refractivity contribution in [3.63, 3.8) is 0 Å². The number of nitrogens with one attached hydrogen (secondary N) is 2. The van der Waals surface area contributed by atoms with E-state index in [0.717, 1.165) is 57.1 Å². The first-order chi connectivity index (χ1) is 17.0. The van der Waals surface area contributed by atoms with Crippen LogP contribution in [0.15, 0.2) is 24.3 Å². The Balaban J connectivity index is 1.63. The van der Waals surface area contributed by atoms with Gasteiger partial charge in [0.25, 0.3) is 5.91 Å². The molecule has 200 valence electrons. The largest absolute Gasteiger partial charge is 0.416 e. The van der Waals surface area contributed by atoms with Gasteiger partial charge in [0.05, 0.1) is 18.0 Å². The average molecular weight is 511 g/mol. The van der Waals surface area contributed by atoms with Gasteiger partial charge >= 0.3 is 6.18 Å². The van der Waals surface area contributed by atoms with Crippen molar-refractivity contribution in [3.8, 4) is 0 Å². The number of hydrogen-bond acceptors (Lipinski definition) is 4. The molecule has 1 aliphatic heterocycles. The van der Waals surface area contributed by atoms with Gasteiger partial charge in [0.2, 0.25) is 11.8 Å². The van der Waals surface area contributed by atoms with Gasteiger partial charge in [-0.2, -0.15) is 13.2 Å². The van der Waals surface area contributed by atoms with E-state index < -0.39 is 23.6 Å². The smallest absolute Gasteiger partial charge is 0.351 e. The number of alkyl halides is 3. The third-order valence-corrected chi connectivity index (χ3v) is 7.26. The van der Waals surface area contributed by atoms with Crippen LogP contribution in [0.2, 0.25) is 0 Å². The van der Waals surface area contributed by atoms with E-state index in [2.05, 4.69) is 36.3 Å². The molecule has 3 amide bonds. The maximum Gasteiger partial charge on any atom is 0.416 e. The second kappa shape index (κ2) is 12.1. The number of likely N-dealkylation sites (tertiary alicyclic amines) is 1. The zero-order chi connectivity index (χ0) is 26.5. The number of amides is 3. The highest BCUT2D eigenvalue weighted by Crippen LogP contribution is 2.32. The Kier molecular flexibility index (Phi) is 9.38. The first kappa shape index (κ1) is 28.0. The summed E-state index contributed by atoms with van der Waals surface area (Å²) in [6.07, 6.45) is -0.459. The molecular formula is C26H37F3N4O3. The van der Waals surface area contributed by atoms with Gasteiger partial charge in [0.15, 0.2) is 0 Å². The van der Waals surface area contributed by atoms with E-state index in [-0.39, 0.29) is 36.0 Å². The summed E-state index contributed by atoms with van der Waals surface area (Å²) in [5, 5.41) is 5.32. The van der Waals surface area contributed by atoms with Crippen molar-refractivity contribution >= 4 is 17.7 Å². The lowest BCUT2D eigenvalue weighted by Gasteiger charge is -2.43. The summed E-state index contributed by atoms with van der Waals surface area (Å²) in [6, 6.07) is 4.31. The molecular weight excluding hydrogens is 473 g/mol. The van der Waals surface area contributed by atoms with Gasteiger partial charge in [-0.1, -0.05) is 13.0 Å². The first-order valence-electron chi connectivity index (χ1n) is 12.8. The van der Waals surface area contributed by atoms with Crippen molar-refractivity contribution in [2.75, 3.05) is 26.2 Å². The fourth-order valence-electron chi connectivity index (χ4n) is 5.47. The molecule has 36 heavy (non-hydrogen) atoms. The molecule has 2 fully saturated rings. The second-order valence-corrected chi connectivity index (χ2v) is 9.97. The predicted octanol–water partition coefficient (Wildman–Crippen LogP) is 3.44. The lowest BCUT2D eigenvalue weighted by Crippen LogP contribution is -2.55. The van der Waals surface area contributed by atoms with Crippen LogP contribution in [-0.4, -0.2) is 71.8 Å². The van der Waals surface area contributed by atoms with Crippen molar-refractivity contribution in [1.29, 1.82) is 0 Å². The van der Waals surface area contributed by atoms with Gasteiger partial charge in [-0.25, -0.2) is 0 Å². The topological polar surface area (TPSA) is 81.8 Å². The van der Waals surface area contributed by atoms with Crippen molar-refractivity contribution in [2.24, 2.45) is 5.92 Å². The number of carbonyl (C=O) groups is 3. The monoisotopic (exact) mass is 510 g/mol. The minimum absolute atomic E-state index is 0.0651. The molecule has 2 aliphatic rings. The molecule has 0 aromatic heterocycles. The maximum absolute atomic E-state index is 13.4. The molecule has 10 heteroatoms. The minimum atomic E-state index is -4.56. The van der Waals surface area contributed by atoms with Crippen LogP contribution in [-0.2, 0) is 15.8 Å². The third kappa shape index (κ3) is 6.99. The molecule has 1 aliphatic carbocycles. The van der Waals surface area contributed by atoms with E-state index in [4.69, 9.17) is 0 Å². The van der Waals surface area contributed by atoms with Gasteiger partial charge in [0, 0.05) is 36.8 Å². The standard InChI is InChI=1S/C26H37F3N4O3/c1-4-33(17(2)3)20-10-11-22(21(15-20)25(36)32-12-5-6-13-32)31-23(34)16-30-24(35)18-8-7-9-19(14-18)26(27,28)29/h7-9,14,17,20-22H,4-6,10-13,15-16H2,1-3H3,(H,30,35)(H,31,34)/t20-,21+,22+/m1/s1. The van der Waals surface area contributed by atoms with Crippen LogP contribution in [0.1, 0.15) is 68.8 Å². The Morgan fingerprint density at radius 2 is 1.83 bits per heavy atom. The number of rotatable bonds is 8. The summed E-state index contributed by atoms with van der Waals surface area (Å²) < 4.78 is 38.8. The molecule has 0 unspecified atom stereocenters. The van der Waals surface area contributed by atoms with Crippen LogP contribution in [0.25, 0.3) is 0 Å². The molecule has 1 aromatic carbocycles. The molecule has 7 nitrogen and oxygen atoms in total. The lowest BCUT2D eigenvalue weighted by atomic mass is 9.79. The highest BCUT2D eigenvalue weighted by Gasteiger charge is 2.40. The molecule has 0 spiro atoms. The third-order valence-electron chi connectivity index (χ3n) is 7.26. The quantitative estimate of drug-likeness (QED) is 0.562. The van der Waals surface area contributed by atoms with Crippen LogP contribution in [0, 0.1) is 5.92 Å². The zero-order valence-corrected chi connectivity index (χ0v) is 21.2. The summed E-state index contributed by atoms with van der Waals surface area (Å²) in [5.74, 6) is -1.51. The van der Waals surface area contributed by atoms with E-state index >= 15 is 0 Å². The number of halogens is 3. The van der Waals surface area contributed by atoms with Crippen molar-refractivity contribution in [3.05, 3.63) is 35.4 Å². The van der Waals surface area contributed by atoms with Gasteiger partial charge in [-0.3, -0.25) is 19.3 Å². The molecule has 1 saturated heterocycles. The Hall–Kier alpha value is -2.62. The van der Waals surface area contributed by atoms with Crippen LogP contribution < -0.4 is 10.6 Å². The molecule has 3 rings (SSSR count). The predicted molar refractivity (Wildman–Crippen MR) is 130 cm³/mol. The van der Waals surface area contributed by atoms with E-state index in [9.17, 15) is 27.6 Å². The van der Waals surface area contributed by atoms with Gasteiger partial charge in [-0.15, -0.1) is 0 Å². The van der Waals surface area contributed by atoms with Crippen molar-refractivity contribution in [2.45, 2.75) is 77.2 Å². The van der Waals surface area contributed by atoms with E-state index in [0.29, 0.717) is 18.9 Å². The average Bonchev–Trinajstić information content (AvgIpc) is 3.38. The molecule has 1 heterocycles. The molecule has 1 saturated carbocycles. The lowest BCUT2D eigenvalue weighted by molar-refractivity contribution is -0.138. The molecule has 0 bridgehead atoms. The Bertz CT molecular complexity index is 931. The maximum atomic E-state index is 13.4. The summed E-state index contributed by atoms with van der Waals surface area (Å²) in [6.45, 7) is 8.35. The van der Waals surface area contributed by atoms with E-state index in [1.54, 1.807) is 0 Å².